The fraction of sp³-hybridized carbons (Fsp3) is 0.846. The van der Waals surface area contributed by atoms with Gasteiger partial charge in [0, 0.05) is 0 Å². The molecule has 0 saturated heterocycles. The van der Waals surface area contributed by atoms with E-state index in [0.717, 1.165) is 36.5 Å². The van der Waals surface area contributed by atoms with E-state index in [1.807, 2.05) is 0 Å². The maximum Gasteiger partial charge on any atom is 0.0578 e. The number of aliphatic hydroxyl groups is 1. The largest absolute Gasteiger partial charge is 0.393 e. The predicted octanol–water partition coefficient (Wildman–Crippen LogP) is 7.06. The molecule has 3 saturated carbocycles. The van der Waals surface area contributed by atoms with Crippen molar-refractivity contribution in [3.8, 4) is 0 Å². The molecule has 0 unspecified atom stereocenters. The Bertz CT molecular complexity index is 614. The lowest BCUT2D eigenvalue weighted by Crippen LogP contribution is -2.45. The summed E-state index contributed by atoms with van der Waals surface area (Å²) in [6, 6.07) is 0. The first-order valence-corrected chi connectivity index (χ1v) is 11.9. The summed E-state index contributed by atoms with van der Waals surface area (Å²) in [6.45, 7) is 9.87. The first-order valence-electron chi connectivity index (χ1n) is 11.9. The van der Waals surface area contributed by atoms with Gasteiger partial charge in [0.05, 0.1) is 6.10 Å². The van der Waals surface area contributed by atoms with E-state index in [2.05, 4.69) is 39.8 Å². The Morgan fingerprint density at radius 1 is 1.00 bits per heavy atom. The molecule has 0 radical (unpaired) electrons. The quantitative estimate of drug-likeness (QED) is 0.513. The highest BCUT2D eigenvalue weighted by atomic mass is 16.3. The van der Waals surface area contributed by atoms with E-state index < -0.39 is 0 Å². The zero-order valence-electron chi connectivity index (χ0n) is 18.3. The van der Waals surface area contributed by atoms with Crippen LogP contribution >= 0.6 is 0 Å². The van der Waals surface area contributed by atoms with Crippen molar-refractivity contribution in [3.63, 3.8) is 0 Å². The lowest BCUT2D eigenvalue weighted by Gasteiger charge is -2.54. The molecule has 0 spiro atoms. The number of fused-ring (bicyclic) bond motifs is 5. The van der Waals surface area contributed by atoms with E-state index in [-0.39, 0.29) is 6.10 Å². The Morgan fingerprint density at radius 3 is 2.59 bits per heavy atom. The number of aliphatic hydroxyl groups excluding tert-OH is 1. The van der Waals surface area contributed by atoms with Gasteiger partial charge in [-0.2, -0.15) is 0 Å². The third-order valence-corrected chi connectivity index (χ3v) is 9.33. The van der Waals surface area contributed by atoms with Crippen LogP contribution in [0.1, 0.15) is 98.3 Å². The van der Waals surface area contributed by atoms with Crippen LogP contribution in [0.15, 0.2) is 23.3 Å². The molecule has 3 fully saturated rings. The van der Waals surface area contributed by atoms with Gasteiger partial charge in [0.2, 0.25) is 0 Å². The molecule has 27 heavy (non-hydrogen) atoms. The molecule has 1 heteroatoms. The lowest BCUT2D eigenvalue weighted by molar-refractivity contribution is 0.0428. The number of hydrogen-bond acceptors (Lipinski definition) is 1. The second-order valence-corrected chi connectivity index (χ2v) is 11.3. The molecule has 0 heterocycles. The molecule has 0 aromatic rings. The second-order valence-electron chi connectivity index (χ2n) is 11.3. The standard InChI is InChI=1S/C26H42O/c1-18(2)7-5-6-8-19-10-12-23-22-11-9-20-17-21(27)13-15-26(20,4)24(22)14-16-25(19,23)3/h9,11,18-19,21,23-24,27H,5-8,10,12-17H2,1-4H3/t19-,21-,23-,24-,25+,26-/m0/s1. The van der Waals surface area contributed by atoms with Gasteiger partial charge in [0.1, 0.15) is 0 Å². The van der Waals surface area contributed by atoms with Gasteiger partial charge < -0.3 is 5.11 Å². The minimum atomic E-state index is -0.102. The number of allylic oxidation sites excluding steroid dienone is 3. The van der Waals surface area contributed by atoms with Crippen molar-refractivity contribution >= 4 is 0 Å². The van der Waals surface area contributed by atoms with Crippen molar-refractivity contribution in [1.82, 2.24) is 0 Å². The molecule has 1 N–H and O–H groups in total. The average molecular weight is 371 g/mol. The fourth-order valence-corrected chi connectivity index (χ4v) is 7.51. The molecule has 6 atom stereocenters. The summed E-state index contributed by atoms with van der Waals surface area (Å²) >= 11 is 0. The van der Waals surface area contributed by atoms with E-state index in [9.17, 15) is 5.11 Å². The first kappa shape index (κ1) is 19.7. The summed E-state index contributed by atoms with van der Waals surface area (Å²) in [5.74, 6) is 3.38. The Labute approximate surface area is 167 Å². The van der Waals surface area contributed by atoms with Gasteiger partial charge in [-0.1, -0.05) is 70.3 Å². The Morgan fingerprint density at radius 2 is 1.81 bits per heavy atom. The zero-order chi connectivity index (χ0) is 19.2. The maximum absolute atomic E-state index is 10.2. The van der Waals surface area contributed by atoms with E-state index in [1.165, 1.54) is 57.8 Å². The van der Waals surface area contributed by atoms with Gasteiger partial charge in [0.15, 0.2) is 0 Å². The third kappa shape index (κ3) is 3.37. The summed E-state index contributed by atoms with van der Waals surface area (Å²) < 4.78 is 0. The fourth-order valence-electron chi connectivity index (χ4n) is 7.51. The lowest BCUT2D eigenvalue weighted by atomic mass is 9.50. The van der Waals surface area contributed by atoms with Gasteiger partial charge in [-0.05, 0) is 85.9 Å². The molecule has 152 valence electrons. The van der Waals surface area contributed by atoms with Gasteiger partial charge in [-0.15, -0.1) is 0 Å². The third-order valence-electron chi connectivity index (χ3n) is 9.33. The van der Waals surface area contributed by atoms with Crippen molar-refractivity contribution in [2.24, 2.45) is 34.5 Å². The maximum atomic E-state index is 10.2. The van der Waals surface area contributed by atoms with Crippen molar-refractivity contribution in [2.75, 3.05) is 0 Å². The average Bonchev–Trinajstić information content (AvgIpc) is 2.96. The first-order chi connectivity index (χ1) is 12.8. The molecular weight excluding hydrogens is 328 g/mol. The summed E-state index contributed by atoms with van der Waals surface area (Å²) in [7, 11) is 0. The number of unbranched alkanes of at least 4 members (excludes halogenated alkanes) is 1. The van der Waals surface area contributed by atoms with Crippen LogP contribution in [-0.4, -0.2) is 11.2 Å². The van der Waals surface area contributed by atoms with E-state index in [4.69, 9.17) is 0 Å². The van der Waals surface area contributed by atoms with Gasteiger partial charge in [0.25, 0.3) is 0 Å². The molecular formula is C26H42O. The van der Waals surface area contributed by atoms with Crippen LogP contribution in [0.5, 0.6) is 0 Å². The molecule has 4 rings (SSSR count). The SMILES string of the molecule is CC(C)CCCC[C@H]1CC[C@H]2C3=CC=C4C[C@@H](O)CC[C@]4(C)[C@H]3CC[C@]12C. The molecule has 0 bridgehead atoms. The van der Waals surface area contributed by atoms with Crippen molar-refractivity contribution < 1.29 is 5.11 Å². The van der Waals surface area contributed by atoms with Crippen LogP contribution in [-0.2, 0) is 0 Å². The Balaban J connectivity index is 1.49. The minimum Gasteiger partial charge on any atom is -0.393 e. The van der Waals surface area contributed by atoms with Crippen LogP contribution in [0.3, 0.4) is 0 Å². The zero-order valence-corrected chi connectivity index (χ0v) is 18.3. The number of rotatable bonds is 5. The van der Waals surface area contributed by atoms with Crippen LogP contribution < -0.4 is 0 Å². The summed E-state index contributed by atoms with van der Waals surface area (Å²) in [4.78, 5) is 0. The molecule has 0 aliphatic heterocycles. The number of hydrogen-bond donors (Lipinski definition) is 1. The van der Waals surface area contributed by atoms with Crippen molar-refractivity contribution in [2.45, 2.75) is 104 Å². The van der Waals surface area contributed by atoms with E-state index >= 15 is 0 Å². The van der Waals surface area contributed by atoms with Crippen molar-refractivity contribution in [1.29, 1.82) is 0 Å². The predicted molar refractivity (Wildman–Crippen MR) is 114 cm³/mol. The summed E-state index contributed by atoms with van der Waals surface area (Å²) in [6.07, 6.45) is 19.4. The Kier molecular flexibility index (Phi) is 5.38. The molecule has 4 aliphatic rings. The van der Waals surface area contributed by atoms with Gasteiger partial charge in [-0.3, -0.25) is 0 Å². The molecule has 1 nitrogen and oxygen atoms in total. The molecule has 4 aliphatic carbocycles. The van der Waals surface area contributed by atoms with Crippen LogP contribution in [0.4, 0.5) is 0 Å². The topological polar surface area (TPSA) is 20.2 Å². The highest BCUT2D eigenvalue weighted by Crippen LogP contribution is 2.65. The molecule has 0 aromatic heterocycles. The Hall–Kier alpha value is -0.560. The molecule has 0 aromatic carbocycles. The van der Waals surface area contributed by atoms with E-state index in [0.29, 0.717) is 10.8 Å². The van der Waals surface area contributed by atoms with E-state index in [1.54, 1.807) is 11.1 Å². The van der Waals surface area contributed by atoms with Crippen LogP contribution in [0.25, 0.3) is 0 Å². The molecule has 0 amide bonds. The normalized spacial score (nSPS) is 43.6. The highest BCUT2D eigenvalue weighted by Gasteiger charge is 2.55. The van der Waals surface area contributed by atoms with Gasteiger partial charge >= 0.3 is 0 Å². The highest BCUT2D eigenvalue weighted by molar-refractivity contribution is 5.38. The summed E-state index contributed by atoms with van der Waals surface area (Å²) in [5.41, 5.74) is 4.23. The van der Waals surface area contributed by atoms with Crippen LogP contribution in [0.2, 0.25) is 0 Å². The smallest absolute Gasteiger partial charge is 0.0578 e. The summed E-state index contributed by atoms with van der Waals surface area (Å²) in [5, 5.41) is 10.2. The van der Waals surface area contributed by atoms with Crippen LogP contribution in [0, 0.1) is 34.5 Å². The van der Waals surface area contributed by atoms with Gasteiger partial charge in [-0.25, -0.2) is 0 Å². The van der Waals surface area contributed by atoms with Crippen molar-refractivity contribution in [3.05, 3.63) is 23.3 Å². The second kappa shape index (κ2) is 7.36. The monoisotopic (exact) mass is 370 g/mol. The minimum absolute atomic E-state index is 0.102.